The second-order valence-electron chi connectivity index (χ2n) is 2.26. The Kier molecular flexibility index (Phi) is 2.74. The molecule has 0 aromatic carbocycles. The van der Waals surface area contributed by atoms with E-state index in [2.05, 4.69) is 16.8 Å². The molecule has 0 spiro atoms. The molecule has 0 saturated carbocycles. The normalized spacial score (nSPS) is 21.8. The van der Waals surface area contributed by atoms with E-state index in [0.717, 1.165) is 32.7 Å². The van der Waals surface area contributed by atoms with Gasteiger partial charge in [0.15, 0.2) is 0 Å². The quantitative estimate of drug-likeness (QED) is 0.478. The molecule has 0 aromatic rings. The molecule has 0 aromatic heterocycles. The fourth-order valence-electron chi connectivity index (χ4n) is 1.01. The van der Waals surface area contributed by atoms with E-state index >= 15 is 0 Å². The van der Waals surface area contributed by atoms with Gasteiger partial charge in [-0.1, -0.05) is 6.08 Å². The molecule has 2 nitrogen and oxygen atoms in total. The van der Waals surface area contributed by atoms with Gasteiger partial charge in [0.1, 0.15) is 0 Å². The van der Waals surface area contributed by atoms with Crippen molar-refractivity contribution in [2.45, 2.75) is 0 Å². The summed E-state index contributed by atoms with van der Waals surface area (Å²) in [6.07, 6.45) is 1.95. The van der Waals surface area contributed by atoms with E-state index in [1.807, 2.05) is 6.08 Å². The molecule has 9 heavy (non-hydrogen) atoms. The van der Waals surface area contributed by atoms with Crippen LogP contribution in [-0.4, -0.2) is 37.6 Å². The van der Waals surface area contributed by atoms with Gasteiger partial charge in [0.2, 0.25) is 0 Å². The molecule has 0 aliphatic carbocycles. The highest BCUT2D eigenvalue weighted by Gasteiger charge is 2.06. The van der Waals surface area contributed by atoms with E-state index in [0.29, 0.717) is 0 Å². The van der Waals surface area contributed by atoms with Gasteiger partial charge in [-0.05, 0) is 0 Å². The molecule has 0 bridgehead atoms. The average molecular weight is 125 g/mol. The molecule has 0 amide bonds. The van der Waals surface area contributed by atoms with Crippen LogP contribution < -0.4 is 5.32 Å². The Morgan fingerprint density at radius 2 is 2.11 bits per heavy atom. The maximum absolute atomic E-state index is 4.23. The standard InChI is InChI=1S/C7H13N2/c1-2-5-9-6-3-8-4-7-9/h2H,1,3-7H2. The predicted molar refractivity (Wildman–Crippen MR) is 38.5 cm³/mol. The first kappa shape index (κ1) is 6.78. The SMILES string of the molecule is C=CCN1CC[N]CC1. The minimum absolute atomic E-state index is 1.01. The first-order valence-electron chi connectivity index (χ1n) is 3.40. The summed E-state index contributed by atoms with van der Waals surface area (Å²) in [5, 5.41) is 4.23. The Labute approximate surface area is 56.5 Å². The van der Waals surface area contributed by atoms with Crippen molar-refractivity contribution in [1.29, 1.82) is 0 Å². The maximum Gasteiger partial charge on any atom is 0.0261 e. The van der Waals surface area contributed by atoms with Gasteiger partial charge >= 0.3 is 0 Å². The predicted octanol–water partition coefficient (Wildman–Crippen LogP) is 0.0924. The Balaban J connectivity index is 2.15. The average Bonchev–Trinajstić information content (AvgIpc) is 1.91. The highest BCUT2D eigenvalue weighted by Crippen LogP contribution is 1.91. The maximum atomic E-state index is 4.23. The number of hydrogen-bond donors (Lipinski definition) is 0. The Morgan fingerprint density at radius 3 is 2.67 bits per heavy atom. The molecule has 1 radical (unpaired) electrons. The minimum atomic E-state index is 1.01. The van der Waals surface area contributed by atoms with E-state index in [4.69, 9.17) is 0 Å². The summed E-state index contributed by atoms with van der Waals surface area (Å²) in [5.41, 5.74) is 0. The molecule has 51 valence electrons. The molecule has 1 rings (SSSR count). The second kappa shape index (κ2) is 3.64. The van der Waals surface area contributed by atoms with Crippen LogP contribution in [0.3, 0.4) is 0 Å². The van der Waals surface area contributed by atoms with Gasteiger partial charge in [0.25, 0.3) is 0 Å². The van der Waals surface area contributed by atoms with Crippen molar-refractivity contribution in [1.82, 2.24) is 10.2 Å². The number of nitrogens with zero attached hydrogens (tertiary/aromatic N) is 2. The first-order chi connectivity index (χ1) is 4.43. The zero-order chi connectivity index (χ0) is 6.53. The summed E-state index contributed by atoms with van der Waals surface area (Å²) in [4.78, 5) is 2.36. The Morgan fingerprint density at radius 1 is 1.44 bits per heavy atom. The van der Waals surface area contributed by atoms with Crippen LogP contribution in [0.5, 0.6) is 0 Å². The molecule has 1 fully saturated rings. The Hall–Kier alpha value is -0.340. The van der Waals surface area contributed by atoms with Crippen LogP contribution in [-0.2, 0) is 0 Å². The van der Waals surface area contributed by atoms with Gasteiger partial charge in [-0.3, -0.25) is 4.90 Å². The fourth-order valence-corrected chi connectivity index (χ4v) is 1.01. The summed E-state index contributed by atoms with van der Waals surface area (Å²) in [5.74, 6) is 0. The number of hydrogen-bond acceptors (Lipinski definition) is 1. The molecule has 0 atom stereocenters. The van der Waals surface area contributed by atoms with Gasteiger partial charge in [-0.15, -0.1) is 6.58 Å². The van der Waals surface area contributed by atoms with Crippen molar-refractivity contribution in [3.05, 3.63) is 12.7 Å². The van der Waals surface area contributed by atoms with Gasteiger partial charge in [-0.25, -0.2) is 5.32 Å². The van der Waals surface area contributed by atoms with Crippen molar-refractivity contribution in [2.75, 3.05) is 32.7 Å². The van der Waals surface area contributed by atoms with E-state index in [9.17, 15) is 0 Å². The van der Waals surface area contributed by atoms with Crippen LogP contribution in [0, 0.1) is 0 Å². The van der Waals surface area contributed by atoms with E-state index < -0.39 is 0 Å². The lowest BCUT2D eigenvalue weighted by atomic mass is 10.3. The van der Waals surface area contributed by atoms with Gasteiger partial charge in [0.05, 0.1) is 0 Å². The zero-order valence-electron chi connectivity index (χ0n) is 5.71. The van der Waals surface area contributed by atoms with Crippen molar-refractivity contribution in [2.24, 2.45) is 0 Å². The van der Waals surface area contributed by atoms with Crippen molar-refractivity contribution < 1.29 is 0 Å². The smallest absolute Gasteiger partial charge is 0.0261 e. The summed E-state index contributed by atoms with van der Waals surface area (Å²) < 4.78 is 0. The molecular weight excluding hydrogens is 112 g/mol. The minimum Gasteiger partial charge on any atom is -0.297 e. The molecule has 0 N–H and O–H groups in total. The third-order valence-corrected chi connectivity index (χ3v) is 1.54. The van der Waals surface area contributed by atoms with Crippen LogP contribution >= 0.6 is 0 Å². The topological polar surface area (TPSA) is 17.3 Å². The van der Waals surface area contributed by atoms with E-state index in [-0.39, 0.29) is 0 Å². The summed E-state index contributed by atoms with van der Waals surface area (Å²) in [6, 6.07) is 0. The zero-order valence-corrected chi connectivity index (χ0v) is 5.71. The summed E-state index contributed by atoms with van der Waals surface area (Å²) >= 11 is 0. The first-order valence-corrected chi connectivity index (χ1v) is 3.40. The largest absolute Gasteiger partial charge is 0.297 e. The van der Waals surface area contributed by atoms with Crippen LogP contribution in [0.15, 0.2) is 12.7 Å². The van der Waals surface area contributed by atoms with Crippen LogP contribution in [0.2, 0.25) is 0 Å². The van der Waals surface area contributed by atoms with Crippen LogP contribution in [0.4, 0.5) is 0 Å². The van der Waals surface area contributed by atoms with Crippen molar-refractivity contribution in [3.8, 4) is 0 Å². The van der Waals surface area contributed by atoms with Crippen molar-refractivity contribution in [3.63, 3.8) is 0 Å². The molecule has 1 aliphatic rings. The van der Waals surface area contributed by atoms with E-state index in [1.165, 1.54) is 0 Å². The third-order valence-electron chi connectivity index (χ3n) is 1.54. The van der Waals surface area contributed by atoms with Crippen LogP contribution in [0.25, 0.3) is 0 Å². The molecule has 1 aliphatic heterocycles. The van der Waals surface area contributed by atoms with Gasteiger partial charge in [0, 0.05) is 32.7 Å². The molecule has 1 saturated heterocycles. The second-order valence-corrected chi connectivity index (χ2v) is 2.26. The molecule has 1 heterocycles. The Bertz CT molecular complexity index is 84.9. The lowest BCUT2D eigenvalue weighted by molar-refractivity contribution is 0.262. The lowest BCUT2D eigenvalue weighted by Crippen LogP contribution is -2.40. The number of piperazine rings is 1. The van der Waals surface area contributed by atoms with Gasteiger partial charge in [-0.2, -0.15) is 0 Å². The van der Waals surface area contributed by atoms with E-state index in [1.54, 1.807) is 0 Å². The molecule has 2 heteroatoms. The van der Waals surface area contributed by atoms with Crippen LogP contribution in [0.1, 0.15) is 0 Å². The van der Waals surface area contributed by atoms with Gasteiger partial charge < -0.3 is 0 Å². The highest BCUT2D eigenvalue weighted by molar-refractivity contribution is 4.76. The molecule has 0 unspecified atom stereocenters. The summed E-state index contributed by atoms with van der Waals surface area (Å²) in [6.45, 7) is 8.96. The monoisotopic (exact) mass is 125 g/mol. The number of rotatable bonds is 2. The third kappa shape index (κ3) is 2.16. The molecular formula is C7H13N2. The highest BCUT2D eigenvalue weighted by atomic mass is 15.2. The van der Waals surface area contributed by atoms with Crippen molar-refractivity contribution >= 4 is 0 Å². The summed E-state index contributed by atoms with van der Waals surface area (Å²) in [7, 11) is 0. The fraction of sp³-hybridized carbons (Fsp3) is 0.714. The lowest BCUT2D eigenvalue weighted by Gasteiger charge is -2.24.